The summed E-state index contributed by atoms with van der Waals surface area (Å²) in [6, 6.07) is 25.6. The fraction of sp³-hybridized carbons (Fsp3) is 0.120. The van der Waals surface area contributed by atoms with Crippen molar-refractivity contribution in [3.8, 4) is 11.3 Å². The molecule has 4 aromatic rings. The normalized spacial score (nSPS) is 11.7. The van der Waals surface area contributed by atoms with Crippen LogP contribution >= 0.6 is 0 Å². The van der Waals surface area contributed by atoms with E-state index in [0.29, 0.717) is 5.56 Å². The van der Waals surface area contributed by atoms with Crippen LogP contribution < -0.4 is 5.36 Å². The lowest BCUT2D eigenvalue weighted by atomic mass is 10.1. The lowest BCUT2D eigenvalue weighted by Gasteiger charge is -2.07. The molecule has 4 rings (SSSR count). The van der Waals surface area contributed by atoms with Gasteiger partial charge in [0.15, 0.2) is 5.78 Å². The minimum absolute atomic E-state index is 0.0504. The molecule has 1 aromatic heterocycles. The van der Waals surface area contributed by atoms with E-state index >= 15 is 0 Å². The molecule has 0 aliphatic carbocycles. The maximum atomic E-state index is 11.5. The smallest absolute Gasteiger partial charge is 0.159 e. The van der Waals surface area contributed by atoms with Crippen LogP contribution in [-0.2, 0) is 6.42 Å². The standard InChI is InChI=1S/C25H21NO2/c1-3-18-9-14-24-22(15-18)23(16-25(28-24)20-7-5-4-6-8-20)26-21-12-10-19(11-13-21)17(2)27/h4-16H,3H2,1-2H3. The first-order valence-corrected chi connectivity index (χ1v) is 9.42. The van der Waals surface area contributed by atoms with Gasteiger partial charge in [-0.1, -0.05) is 43.3 Å². The van der Waals surface area contributed by atoms with Gasteiger partial charge in [0.25, 0.3) is 0 Å². The summed E-state index contributed by atoms with van der Waals surface area (Å²) in [6.07, 6.45) is 0.948. The van der Waals surface area contributed by atoms with Gasteiger partial charge in [0.1, 0.15) is 11.3 Å². The fourth-order valence-electron chi connectivity index (χ4n) is 3.18. The largest absolute Gasteiger partial charge is 0.456 e. The van der Waals surface area contributed by atoms with Crippen LogP contribution in [0.4, 0.5) is 5.69 Å². The van der Waals surface area contributed by atoms with Gasteiger partial charge in [-0.15, -0.1) is 0 Å². The highest BCUT2D eigenvalue weighted by Gasteiger charge is 2.07. The molecule has 0 N–H and O–H groups in total. The van der Waals surface area contributed by atoms with E-state index in [9.17, 15) is 4.79 Å². The summed E-state index contributed by atoms with van der Waals surface area (Å²) in [5.74, 6) is 0.825. The Hall–Kier alpha value is -3.46. The lowest BCUT2D eigenvalue weighted by molar-refractivity contribution is 0.101. The van der Waals surface area contributed by atoms with Crippen molar-refractivity contribution in [1.82, 2.24) is 0 Å². The van der Waals surface area contributed by atoms with Gasteiger partial charge in [0.2, 0.25) is 0 Å². The van der Waals surface area contributed by atoms with E-state index < -0.39 is 0 Å². The number of carbonyl (C=O) groups excluding carboxylic acids is 1. The van der Waals surface area contributed by atoms with Crippen LogP contribution in [0, 0.1) is 0 Å². The number of hydrogen-bond acceptors (Lipinski definition) is 3. The van der Waals surface area contributed by atoms with Gasteiger partial charge in [-0.05, 0) is 55.3 Å². The first-order chi connectivity index (χ1) is 13.6. The van der Waals surface area contributed by atoms with Gasteiger partial charge in [0.05, 0.1) is 11.0 Å². The number of fused-ring (bicyclic) bond motifs is 1. The van der Waals surface area contributed by atoms with Crippen LogP contribution in [0.15, 0.2) is 88.3 Å². The van der Waals surface area contributed by atoms with Crippen molar-refractivity contribution in [1.29, 1.82) is 0 Å². The third-order valence-corrected chi connectivity index (χ3v) is 4.80. The predicted molar refractivity (Wildman–Crippen MR) is 113 cm³/mol. The molecular weight excluding hydrogens is 346 g/mol. The topological polar surface area (TPSA) is 42.6 Å². The number of Topliss-reactive ketones (excluding diaryl/α,β-unsaturated/α-hetero) is 1. The predicted octanol–water partition coefficient (Wildman–Crippen LogP) is 6.10. The zero-order valence-electron chi connectivity index (χ0n) is 16.0. The van der Waals surface area contributed by atoms with Gasteiger partial charge in [-0.2, -0.15) is 0 Å². The van der Waals surface area contributed by atoms with Crippen LogP contribution in [0.5, 0.6) is 0 Å². The fourth-order valence-corrected chi connectivity index (χ4v) is 3.18. The molecule has 0 aliphatic heterocycles. The molecule has 0 radical (unpaired) electrons. The highest BCUT2D eigenvalue weighted by molar-refractivity contribution is 5.94. The first kappa shape index (κ1) is 17.9. The maximum Gasteiger partial charge on any atom is 0.159 e. The van der Waals surface area contributed by atoms with Gasteiger partial charge in [-0.25, -0.2) is 4.99 Å². The Bertz CT molecular complexity index is 1200. The molecule has 0 aliphatic rings. The molecule has 28 heavy (non-hydrogen) atoms. The molecule has 0 bridgehead atoms. The summed E-state index contributed by atoms with van der Waals surface area (Å²) in [4.78, 5) is 16.4. The Morgan fingerprint density at radius 2 is 1.68 bits per heavy atom. The summed E-state index contributed by atoms with van der Waals surface area (Å²) in [5, 5.41) is 1.83. The molecule has 0 fully saturated rings. The highest BCUT2D eigenvalue weighted by atomic mass is 16.3. The number of rotatable bonds is 4. The van der Waals surface area contributed by atoms with Crippen molar-refractivity contribution in [2.24, 2.45) is 4.99 Å². The van der Waals surface area contributed by atoms with Crippen molar-refractivity contribution in [3.63, 3.8) is 0 Å². The SMILES string of the molecule is CCc1ccc2oc(-c3ccccc3)cc(=Nc3ccc(C(C)=O)cc3)c2c1. The van der Waals surface area contributed by atoms with Crippen LogP contribution in [0.25, 0.3) is 22.3 Å². The van der Waals surface area contributed by atoms with E-state index in [1.165, 1.54) is 5.56 Å². The molecule has 0 amide bonds. The molecule has 3 aromatic carbocycles. The zero-order valence-corrected chi connectivity index (χ0v) is 16.0. The zero-order chi connectivity index (χ0) is 19.5. The Morgan fingerprint density at radius 3 is 2.36 bits per heavy atom. The molecule has 0 saturated heterocycles. The van der Waals surface area contributed by atoms with Crippen LogP contribution in [-0.4, -0.2) is 5.78 Å². The number of nitrogens with zero attached hydrogens (tertiary/aromatic N) is 1. The molecule has 1 heterocycles. The monoisotopic (exact) mass is 367 g/mol. The minimum Gasteiger partial charge on any atom is -0.456 e. The molecule has 0 atom stereocenters. The summed E-state index contributed by atoms with van der Waals surface area (Å²) in [7, 11) is 0. The quantitative estimate of drug-likeness (QED) is 0.409. The van der Waals surface area contributed by atoms with E-state index in [2.05, 4.69) is 19.1 Å². The number of hydrogen-bond donors (Lipinski definition) is 0. The van der Waals surface area contributed by atoms with E-state index in [1.807, 2.05) is 66.7 Å². The number of ketones is 1. The molecule has 0 unspecified atom stereocenters. The van der Waals surface area contributed by atoms with E-state index in [1.54, 1.807) is 6.92 Å². The Labute approximate surface area is 164 Å². The Balaban J connectivity index is 1.94. The first-order valence-electron chi connectivity index (χ1n) is 9.42. The van der Waals surface area contributed by atoms with Gasteiger partial charge < -0.3 is 4.42 Å². The van der Waals surface area contributed by atoms with Gasteiger partial charge in [0, 0.05) is 22.6 Å². The Kier molecular flexibility index (Phi) is 4.90. The molecule has 0 saturated carbocycles. The average molecular weight is 367 g/mol. The summed E-state index contributed by atoms with van der Waals surface area (Å²) < 4.78 is 6.17. The van der Waals surface area contributed by atoms with E-state index in [-0.39, 0.29) is 5.78 Å². The minimum atomic E-state index is 0.0504. The number of aryl methyl sites for hydroxylation is 1. The van der Waals surface area contributed by atoms with Crippen molar-refractivity contribution < 1.29 is 9.21 Å². The summed E-state index contributed by atoms with van der Waals surface area (Å²) in [5.41, 5.74) is 4.53. The summed E-state index contributed by atoms with van der Waals surface area (Å²) >= 11 is 0. The van der Waals surface area contributed by atoms with E-state index in [0.717, 1.165) is 39.8 Å². The lowest BCUT2D eigenvalue weighted by Crippen LogP contribution is -2.04. The van der Waals surface area contributed by atoms with Crippen molar-refractivity contribution in [3.05, 3.63) is 95.3 Å². The third kappa shape index (κ3) is 3.65. The molecule has 3 heteroatoms. The van der Waals surface area contributed by atoms with Gasteiger partial charge >= 0.3 is 0 Å². The second-order valence-electron chi connectivity index (χ2n) is 6.76. The van der Waals surface area contributed by atoms with Crippen molar-refractivity contribution in [2.75, 3.05) is 0 Å². The van der Waals surface area contributed by atoms with Crippen molar-refractivity contribution in [2.45, 2.75) is 20.3 Å². The van der Waals surface area contributed by atoms with Crippen LogP contribution in [0.3, 0.4) is 0 Å². The molecular formula is C25H21NO2. The maximum absolute atomic E-state index is 11.5. The third-order valence-electron chi connectivity index (χ3n) is 4.80. The molecule has 0 spiro atoms. The van der Waals surface area contributed by atoms with Crippen LogP contribution in [0.1, 0.15) is 29.8 Å². The summed E-state index contributed by atoms with van der Waals surface area (Å²) in [6.45, 7) is 3.70. The van der Waals surface area contributed by atoms with Crippen LogP contribution in [0.2, 0.25) is 0 Å². The van der Waals surface area contributed by atoms with E-state index in [4.69, 9.17) is 9.41 Å². The number of carbonyl (C=O) groups is 1. The number of benzene rings is 3. The average Bonchev–Trinajstić information content (AvgIpc) is 2.74. The molecule has 138 valence electrons. The van der Waals surface area contributed by atoms with Gasteiger partial charge in [-0.3, -0.25) is 4.79 Å². The highest BCUT2D eigenvalue weighted by Crippen LogP contribution is 2.23. The second-order valence-corrected chi connectivity index (χ2v) is 6.76. The second kappa shape index (κ2) is 7.65. The van der Waals surface area contributed by atoms with Crippen molar-refractivity contribution >= 4 is 22.4 Å². The Morgan fingerprint density at radius 1 is 0.929 bits per heavy atom. The molecule has 3 nitrogen and oxygen atoms in total.